The van der Waals surface area contributed by atoms with Gasteiger partial charge in [0.1, 0.15) is 0 Å². The van der Waals surface area contributed by atoms with Gasteiger partial charge < -0.3 is 4.90 Å². The molecule has 6 heteroatoms. The van der Waals surface area contributed by atoms with Crippen molar-refractivity contribution in [2.75, 3.05) is 14.1 Å². The second kappa shape index (κ2) is 4.97. The van der Waals surface area contributed by atoms with E-state index in [1.165, 1.54) is 0 Å². The van der Waals surface area contributed by atoms with Gasteiger partial charge in [-0.1, -0.05) is 11.6 Å². The Kier molecular flexibility index (Phi) is 3.39. The zero-order valence-corrected chi connectivity index (χ0v) is 10.3. The Labute approximate surface area is 104 Å². The number of nitrogens with zero attached hydrogens (tertiary/aromatic N) is 5. The number of tetrazole rings is 1. The summed E-state index contributed by atoms with van der Waals surface area (Å²) in [6, 6.07) is 7.34. The lowest BCUT2D eigenvalue weighted by molar-refractivity contribution is 0.567. The molecule has 0 radical (unpaired) electrons. The molecule has 0 aliphatic heterocycles. The van der Waals surface area contributed by atoms with Crippen LogP contribution in [0.3, 0.4) is 0 Å². The quantitative estimate of drug-likeness (QED) is 0.833. The molecular weight excluding hydrogens is 238 g/mol. The second-order valence-electron chi connectivity index (χ2n) is 3.70. The summed E-state index contributed by atoms with van der Waals surface area (Å²) in [4.78, 5) is 1.92. The van der Waals surface area contributed by atoms with Gasteiger partial charge in [0.15, 0.2) is 5.82 Å². The van der Waals surface area contributed by atoms with Gasteiger partial charge in [0.2, 0.25) is 0 Å². The maximum Gasteiger partial charge on any atom is 0.181 e. The lowest BCUT2D eigenvalue weighted by Crippen LogP contribution is -2.02. The Morgan fingerprint density at radius 2 is 1.94 bits per heavy atom. The van der Waals surface area contributed by atoms with Gasteiger partial charge in [-0.25, -0.2) is 0 Å². The first-order chi connectivity index (χ1) is 8.16. The number of halogens is 1. The van der Waals surface area contributed by atoms with Gasteiger partial charge in [-0.05, 0) is 34.7 Å². The Hall–Kier alpha value is -1.88. The minimum atomic E-state index is 0.668. The molecular formula is C11H12ClN5. The highest BCUT2D eigenvalue weighted by Gasteiger charge is 2.04. The molecule has 88 valence electrons. The summed E-state index contributed by atoms with van der Waals surface area (Å²) in [6.45, 7) is 0. The lowest BCUT2D eigenvalue weighted by atomic mass is 10.3. The molecule has 0 amide bonds. The van der Waals surface area contributed by atoms with E-state index < -0.39 is 0 Å². The minimum absolute atomic E-state index is 0.668. The zero-order chi connectivity index (χ0) is 12.3. The predicted molar refractivity (Wildman–Crippen MR) is 66.9 cm³/mol. The fraction of sp³-hybridized carbons (Fsp3) is 0.182. The van der Waals surface area contributed by atoms with E-state index in [4.69, 9.17) is 11.6 Å². The third-order valence-electron chi connectivity index (χ3n) is 2.09. The van der Waals surface area contributed by atoms with Crippen LogP contribution in [-0.4, -0.2) is 39.2 Å². The van der Waals surface area contributed by atoms with Gasteiger partial charge >= 0.3 is 0 Å². The van der Waals surface area contributed by atoms with Crippen LogP contribution in [0, 0.1) is 0 Å². The number of aromatic nitrogens is 4. The van der Waals surface area contributed by atoms with E-state index >= 15 is 0 Å². The highest BCUT2D eigenvalue weighted by molar-refractivity contribution is 6.30. The van der Waals surface area contributed by atoms with Crippen molar-refractivity contribution >= 4 is 17.7 Å². The van der Waals surface area contributed by atoms with Crippen LogP contribution >= 0.6 is 11.6 Å². The van der Waals surface area contributed by atoms with Gasteiger partial charge in [-0.15, -0.1) is 5.10 Å². The molecule has 1 heterocycles. The molecule has 0 saturated carbocycles. The fourth-order valence-electron chi connectivity index (χ4n) is 1.28. The SMILES string of the molecule is CN(C)C=Cc1nnnn1-c1ccc(Cl)cc1. The third kappa shape index (κ3) is 2.82. The highest BCUT2D eigenvalue weighted by Crippen LogP contribution is 2.13. The average Bonchev–Trinajstić information content (AvgIpc) is 2.75. The number of benzene rings is 1. The van der Waals surface area contributed by atoms with Crippen molar-refractivity contribution in [3.63, 3.8) is 0 Å². The van der Waals surface area contributed by atoms with Crippen molar-refractivity contribution in [1.82, 2.24) is 25.1 Å². The maximum atomic E-state index is 5.83. The number of rotatable bonds is 3. The van der Waals surface area contributed by atoms with E-state index in [1.807, 2.05) is 43.4 Å². The molecule has 0 fully saturated rings. The molecule has 2 aromatic rings. The second-order valence-corrected chi connectivity index (χ2v) is 4.14. The lowest BCUT2D eigenvalue weighted by Gasteiger charge is -2.04. The topological polar surface area (TPSA) is 46.8 Å². The average molecular weight is 250 g/mol. The highest BCUT2D eigenvalue weighted by atomic mass is 35.5. The van der Waals surface area contributed by atoms with E-state index in [0.29, 0.717) is 10.8 Å². The summed E-state index contributed by atoms with van der Waals surface area (Å²) >= 11 is 5.83. The maximum absolute atomic E-state index is 5.83. The summed E-state index contributed by atoms with van der Waals surface area (Å²) in [7, 11) is 3.87. The van der Waals surface area contributed by atoms with Crippen molar-refractivity contribution in [3.8, 4) is 5.69 Å². The molecule has 2 rings (SSSR count). The third-order valence-corrected chi connectivity index (χ3v) is 2.34. The van der Waals surface area contributed by atoms with E-state index in [2.05, 4.69) is 15.5 Å². The Balaban J connectivity index is 2.33. The van der Waals surface area contributed by atoms with Crippen LogP contribution in [0.5, 0.6) is 0 Å². The molecule has 0 spiro atoms. The monoisotopic (exact) mass is 249 g/mol. The summed E-state index contributed by atoms with van der Waals surface area (Å²) in [5.74, 6) is 0.668. The van der Waals surface area contributed by atoms with Gasteiger partial charge in [0.05, 0.1) is 5.69 Å². The molecule has 0 bridgehead atoms. The van der Waals surface area contributed by atoms with Gasteiger partial charge in [0.25, 0.3) is 0 Å². The van der Waals surface area contributed by atoms with Crippen molar-refractivity contribution in [1.29, 1.82) is 0 Å². The molecule has 0 N–H and O–H groups in total. The Bertz CT molecular complexity index is 515. The summed E-state index contributed by atoms with van der Waals surface area (Å²) in [5, 5.41) is 12.2. The minimum Gasteiger partial charge on any atom is -0.383 e. The Morgan fingerprint density at radius 3 is 2.59 bits per heavy atom. The standard InChI is InChI=1S/C11H12ClN5/c1-16(2)8-7-11-13-14-15-17(11)10-5-3-9(12)4-6-10/h3-8H,1-2H3. The first-order valence-corrected chi connectivity index (χ1v) is 5.43. The predicted octanol–water partition coefficient (Wildman–Crippen LogP) is 1.85. The summed E-state index contributed by atoms with van der Waals surface area (Å²) < 4.78 is 1.65. The molecule has 0 unspecified atom stereocenters. The van der Waals surface area contributed by atoms with Crippen LogP contribution < -0.4 is 0 Å². The van der Waals surface area contributed by atoms with Crippen LogP contribution in [0.15, 0.2) is 30.5 Å². The molecule has 0 aliphatic rings. The van der Waals surface area contributed by atoms with Crippen LogP contribution in [0.1, 0.15) is 5.82 Å². The molecule has 1 aromatic carbocycles. The number of hydrogen-bond donors (Lipinski definition) is 0. The van der Waals surface area contributed by atoms with Gasteiger partial charge in [-0.3, -0.25) is 0 Å². The Morgan fingerprint density at radius 1 is 1.24 bits per heavy atom. The molecule has 0 saturated heterocycles. The van der Waals surface area contributed by atoms with Crippen LogP contribution in [0.2, 0.25) is 5.02 Å². The molecule has 0 atom stereocenters. The fourth-order valence-corrected chi connectivity index (χ4v) is 1.41. The molecule has 1 aromatic heterocycles. The molecule has 17 heavy (non-hydrogen) atoms. The molecule has 5 nitrogen and oxygen atoms in total. The van der Waals surface area contributed by atoms with Crippen molar-refractivity contribution < 1.29 is 0 Å². The van der Waals surface area contributed by atoms with Crippen molar-refractivity contribution in [3.05, 3.63) is 41.3 Å². The van der Waals surface area contributed by atoms with Crippen molar-refractivity contribution in [2.24, 2.45) is 0 Å². The van der Waals surface area contributed by atoms with E-state index in [9.17, 15) is 0 Å². The van der Waals surface area contributed by atoms with E-state index in [1.54, 1.807) is 16.8 Å². The first-order valence-electron chi connectivity index (χ1n) is 5.06. The van der Waals surface area contributed by atoms with Crippen LogP contribution in [0.25, 0.3) is 11.8 Å². The summed E-state index contributed by atoms with van der Waals surface area (Å²) in [5.41, 5.74) is 0.873. The van der Waals surface area contributed by atoms with Crippen LogP contribution in [0.4, 0.5) is 0 Å². The smallest absolute Gasteiger partial charge is 0.181 e. The largest absolute Gasteiger partial charge is 0.383 e. The molecule has 0 aliphatic carbocycles. The van der Waals surface area contributed by atoms with Crippen LogP contribution in [-0.2, 0) is 0 Å². The zero-order valence-electron chi connectivity index (χ0n) is 9.58. The number of hydrogen-bond acceptors (Lipinski definition) is 4. The van der Waals surface area contributed by atoms with Gasteiger partial charge in [-0.2, -0.15) is 4.68 Å². The summed E-state index contributed by atoms with van der Waals surface area (Å²) in [6.07, 6.45) is 3.73. The van der Waals surface area contributed by atoms with E-state index in [0.717, 1.165) is 5.69 Å². The first kappa shape index (κ1) is 11.6. The normalized spacial score (nSPS) is 11.0. The van der Waals surface area contributed by atoms with E-state index in [-0.39, 0.29) is 0 Å². The van der Waals surface area contributed by atoms with Crippen molar-refractivity contribution in [2.45, 2.75) is 0 Å². The van der Waals surface area contributed by atoms with Gasteiger partial charge in [0, 0.05) is 31.4 Å².